The molecule has 0 saturated heterocycles. The average molecular weight is 207 g/mol. The molecule has 3 heteroatoms. The van der Waals surface area contributed by atoms with E-state index >= 15 is 0 Å². The Morgan fingerprint density at radius 3 is 2.47 bits per heavy atom. The fourth-order valence-corrected chi connectivity index (χ4v) is 1.69. The summed E-state index contributed by atoms with van der Waals surface area (Å²) in [6.45, 7) is 3.08. The molecule has 0 aliphatic carbocycles. The number of aryl methyl sites for hydroxylation is 2. The molecule has 3 nitrogen and oxygen atoms in total. The molecular weight excluding hydrogens is 186 g/mol. The summed E-state index contributed by atoms with van der Waals surface area (Å²) in [6.07, 6.45) is 2.11. The summed E-state index contributed by atoms with van der Waals surface area (Å²) in [5.41, 5.74) is 15.7. The molecule has 0 spiro atoms. The standard InChI is InChI=1S/C12H21N3/c1-9-7-11(13)8-10(12(9)14)5-4-6-15(2)3/h7-8H,4-6,13-14H2,1-3H3. The molecule has 0 amide bonds. The molecule has 0 atom stereocenters. The van der Waals surface area contributed by atoms with Crippen molar-refractivity contribution in [2.45, 2.75) is 19.8 Å². The van der Waals surface area contributed by atoms with Crippen LogP contribution >= 0.6 is 0 Å². The predicted octanol–water partition coefficient (Wildman–Crippen LogP) is 1.65. The molecule has 1 rings (SSSR count). The van der Waals surface area contributed by atoms with Gasteiger partial charge >= 0.3 is 0 Å². The van der Waals surface area contributed by atoms with Gasteiger partial charge in [-0.25, -0.2) is 0 Å². The molecule has 0 unspecified atom stereocenters. The summed E-state index contributed by atoms with van der Waals surface area (Å²) in [6, 6.07) is 3.91. The lowest BCUT2D eigenvalue weighted by Crippen LogP contribution is -2.14. The highest BCUT2D eigenvalue weighted by Crippen LogP contribution is 2.22. The third-order valence-electron chi connectivity index (χ3n) is 2.55. The maximum absolute atomic E-state index is 6.00. The molecule has 0 heterocycles. The number of nitrogens with zero attached hydrogens (tertiary/aromatic N) is 1. The minimum absolute atomic E-state index is 0.807. The highest BCUT2D eigenvalue weighted by Gasteiger charge is 2.03. The number of benzene rings is 1. The van der Waals surface area contributed by atoms with E-state index < -0.39 is 0 Å². The third kappa shape index (κ3) is 3.44. The van der Waals surface area contributed by atoms with Gasteiger partial charge in [-0.1, -0.05) is 0 Å². The van der Waals surface area contributed by atoms with Crippen LogP contribution in [0.4, 0.5) is 11.4 Å². The normalized spacial score (nSPS) is 10.9. The van der Waals surface area contributed by atoms with E-state index in [4.69, 9.17) is 11.5 Å². The summed E-state index contributed by atoms with van der Waals surface area (Å²) in [5, 5.41) is 0. The van der Waals surface area contributed by atoms with E-state index in [0.717, 1.165) is 36.3 Å². The zero-order valence-electron chi connectivity index (χ0n) is 9.88. The Morgan fingerprint density at radius 2 is 1.87 bits per heavy atom. The second-order valence-electron chi connectivity index (χ2n) is 4.32. The highest BCUT2D eigenvalue weighted by molar-refractivity contribution is 5.60. The topological polar surface area (TPSA) is 55.3 Å². The molecule has 0 aliphatic heterocycles. The van der Waals surface area contributed by atoms with E-state index in [1.54, 1.807) is 0 Å². The second-order valence-corrected chi connectivity index (χ2v) is 4.32. The van der Waals surface area contributed by atoms with Gasteiger partial charge in [-0.05, 0) is 63.7 Å². The lowest BCUT2D eigenvalue weighted by molar-refractivity contribution is 0.400. The molecule has 1 aromatic rings. The van der Waals surface area contributed by atoms with Gasteiger partial charge in [-0.2, -0.15) is 0 Å². The van der Waals surface area contributed by atoms with Crippen LogP contribution in [0.2, 0.25) is 0 Å². The second kappa shape index (κ2) is 5.03. The molecule has 0 aromatic heterocycles. The van der Waals surface area contributed by atoms with Crippen LogP contribution in [-0.2, 0) is 6.42 Å². The number of nitrogen functional groups attached to an aromatic ring is 2. The highest BCUT2D eigenvalue weighted by atomic mass is 15.0. The first-order chi connectivity index (χ1) is 7.00. The van der Waals surface area contributed by atoms with E-state index in [2.05, 4.69) is 19.0 Å². The van der Waals surface area contributed by atoms with Crippen molar-refractivity contribution in [1.82, 2.24) is 4.90 Å². The third-order valence-corrected chi connectivity index (χ3v) is 2.55. The van der Waals surface area contributed by atoms with Crippen molar-refractivity contribution in [2.24, 2.45) is 0 Å². The van der Waals surface area contributed by atoms with Crippen molar-refractivity contribution >= 4 is 11.4 Å². The van der Waals surface area contributed by atoms with E-state index in [-0.39, 0.29) is 0 Å². The van der Waals surface area contributed by atoms with Crippen molar-refractivity contribution in [3.63, 3.8) is 0 Å². The molecule has 84 valence electrons. The summed E-state index contributed by atoms with van der Waals surface area (Å²) < 4.78 is 0. The lowest BCUT2D eigenvalue weighted by Gasteiger charge is -2.12. The number of rotatable bonds is 4. The largest absolute Gasteiger partial charge is 0.399 e. The minimum Gasteiger partial charge on any atom is -0.399 e. The Labute approximate surface area is 92.1 Å². The SMILES string of the molecule is Cc1cc(N)cc(CCCN(C)C)c1N. The molecule has 1 aromatic carbocycles. The lowest BCUT2D eigenvalue weighted by atomic mass is 10.0. The van der Waals surface area contributed by atoms with E-state index in [1.165, 1.54) is 5.56 Å². The van der Waals surface area contributed by atoms with Crippen LogP contribution < -0.4 is 11.5 Å². The molecule has 0 saturated carbocycles. The summed E-state index contributed by atoms with van der Waals surface area (Å²) in [7, 11) is 4.15. The van der Waals surface area contributed by atoms with Crippen LogP contribution in [0.15, 0.2) is 12.1 Å². The van der Waals surface area contributed by atoms with Crippen LogP contribution in [0.1, 0.15) is 17.5 Å². The monoisotopic (exact) mass is 207 g/mol. The maximum atomic E-state index is 6.00. The minimum atomic E-state index is 0.807. The Bertz CT molecular complexity index is 332. The van der Waals surface area contributed by atoms with Crippen molar-refractivity contribution in [1.29, 1.82) is 0 Å². The van der Waals surface area contributed by atoms with Crippen LogP contribution in [0.5, 0.6) is 0 Å². The number of nitrogens with two attached hydrogens (primary N) is 2. The molecule has 0 fully saturated rings. The number of anilines is 2. The maximum Gasteiger partial charge on any atom is 0.0377 e. The fourth-order valence-electron chi connectivity index (χ4n) is 1.69. The van der Waals surface area contributed by atoms with E-state index in [1.807, 2.05) is 19.1 Å². The Hall–Kier alpha value is -1.22. The predicted molar refractivity (Wildman–Crippen MR) is 66.9 cm³/mol. The molecule has 0 bridgehead atoms. The zero-order valence-corrected chi connectivity index (χ0v) is 9.88. The molecule has 0 radical (unpaired) electrons. The zero-order chi connectivity index (χ0) is 11.4. The van der Waals surface area contributed by atoms with Crippen LogP contribution in [0, 0.1) is 6.92 Å². The Kier molecular flexibility index (Phi) is 3.97. The quantitative estimate of drug-likeness (QED) is 0.738. The first kappa shape index (κ1) is 11.9. The molecule has 4 N–H and O–H groups in total. The summed E-state index contributed by atoms with van der Waals surface area (Å²) in [5.74, 6) is 0. The van der Waals surface area contributed by atoms with Crippen LogP contribution in [0.3, 0.4) is 0 Å². The first-order valence-electron chi connectivity index (χ1n) is 5.30. The summed E-state index contributed by atoms with van der Waals surface area (Å²) >= 11 is 0. The van der Waals surface area contributed by atoms with Gasteiger partial charge in [0.25, 0.3) is 0 Å². The average Bonchev–Trinajstić information content (AvgIpc) is 2.12. The molecular formula is C12H21N3. The van der Waals surface area contributed by atoms with Gasteiger partial charge in [0.15, 0.2) is 0 Å². The van der Waals surface area contributed by atoms with Gasteiger partial charge in [-0.15, -0.1) is 0 Å². The van der Waals surface area contributed by atoms with Crippen molar-refractivity contribution in [2.75, 3.05) is 32.1 Å². The van der Waals surface area contributed by atoms with Crippen molar-refractivity contribution in [3.8, 4) is 0 Å². The number of hydrogen-bond donors (Lipinski definition) is 2. The van der Waals surface area contributed by atoms with E-state index in [9.17, 15) is 0 Å². The molecule has 15 heavy (non-hydrogen) atoms. The van der Waals surface area contributed by atoms with Crippen molar-refractivity contribution < 1.29 is 0 Å². The summed E-state index contributed by atoms with van der Waals surface area (Å²) in [4.78, 5) is 2.18. The van der Waals surface area contributed by atoms with Gasteiger partial charge in [0.2, 0.25) is 0 Å². The number of hydrogen-bond acceptors (Lipinski definition) is 3. The Balaban J connectivity index is 2.68. The Morgan fingerprint density at radius 1 is 1.20 bits per heavy atom. The van der Waals surface area contributed by atoms with E-state index in [0.29, 0.717) is 0 Å². The van der Waals surface area contributed by atoms with Gasteiger partial charge in [0, 0.05) is 11.4 Å². The van der Waals surface area contributed by atoms with Crippen LogP contribution in [0.25, 0.3) is 0 Å². The smallest absolute Gasteiger partial charge is 0.0377 e. The van der Waals surface area contributed by atoms with Crippen LogP contribution in [-0.4, -0.2) is 25.5 Å². The van der Waals surface area contributed by atoms with Gasteiger partial charge in [0.1, 0.15) is 0 Å². The van der Waals surface area contributed by atoms with Gasteiger partial charge < -0.3 is 16.4 Å². The molecule has 0 aliphatic rings. The fraction of sp³-hybridized carbons (Fsp3) is 0.500. The van der Waals surface area contributed by atoms with Gasteiger partial charge in [-0.3, -0.25) is 0 Å². The first-order valence-corrected chi connectivity index (χ1v) is 5.30. The van der Waals surface area contributed by atoms with Crippen molar-refractivity contribution in [3.05, 3.63) is 23.3 Å². The van der Waals surface area contributed by atoms with Gasteiger partial charge in [0.05, 0.1) is 0 Å².